The molecular weight excluding hydrogens is 248 g/mol. The smallest absolute Gasteiger partial charge is 0.318 e. The van der Waals surface area contributed by atoms with Crippen LogP contribution in [-0.2, 0) is 19.1 Å². The highest BCUT2D eigenvalue weighted by atomic mass is 16.5. The molecule has 0 bridgehead atoms. The molecule has 110 valence electrons. The maximum atomic E-state index is 12.0. The third-order valence-corrected chi connectivity index (χ3v) is 3.24. The number of hydrogen-bond acceptors (Lipinski definition) is 5. The number of hydrogen-bond donors (Lipinski definition) is 1. The molecule has 0 aromatic carbocycles. The van der Waals surface area contributed by atoms with Crippen molar-refractivity contribution in [3.8, 4) is 0 Å². The lowest BCUT2D eigenvalue weighted by atomic mass is 9.95. The first kappa shape index (κ1) is 15.9. The SMILES string of the molecule is COC(=O)[C@H](C(=O)NCCN1CCOCC1)C(C)C. The Kier molecular flexibility index (Phi) is 6.80. The minimum Gasteiger partial charge on any atom is -0.468 e. The first-order valence-electron chi connectivity index (χ1n) is 6.72. The van der Waals surface area contributed by atoms with Crippen LogP contribution in [0.4, 0.5) is 0 Å². The molecule has 0 radical (unpaired) electrons. The van der Waals surface area contributed by atoms with E-state index in [-0.39, 0.29) is 11.8 Å². The second kappa shape index (κ2) is 8.12. The van der Waals surface area contributed by atoms with Crippen LogP contribution in [-0.4, -0.2) is 63.3 Å². The van der Waals surface area contributed by atoms with Gasteiger partial charge in [-0.25, -0.2) is 0 Å². The van der Waals surface area contributed by atoms with Gasteiger partial charge >= 0.3 is 5.97 Å². The first-order chi connectivity index (χ1) is 9.06. The van der Waals surface area contributed by atoms with E-state index in [0.717, 1.165) is 32.8 Å². The van der Waals surface area contributed by atoms with Crippen molar-refractivity contribution < 1.29 is 19.1 Å². The van der Waals surface area contributed by atoms with Crippen LogP contribution in [0.3, 0.4) is 0 Å². The molecule has 1 saturated heterocycles. The van der Waals surface area contributed by atoms with Crippen molar-refractivity contribution in [2.75, 3.05) is 46.5 Å². The van der Waals surface area contributed by atoms with Crippen molar-refractivity contribution >= 4 is 11.9 Å². The lowest BCUT2D eigenvalue weighted by Gasteiger charge is -2.27. The normalized spacial score (nSPS) is 18.1. The molecular formula is C13H24N2O4. The van der Waals surface area contributed by atoms with Crippen LogP contribution in [0, 0.1) is 11.8 Å². The maximum absolute atomic E-state index is 12.0. The Hall–Kier alpha value is -1.14. The van der Waals surface area contributed by atoms with Crippen LogP contribution in [0.15, 0.2) is 0 Å². The summed E-state index contributed by atoms with van der Waals surface area (Å²) in [6.45, 7) is 8.25. The van der Waals surface area contributed by atoms with Crippen LogP contribution < -0.4 is 5.32 Å². The monoisotopic (exact) mass is 272 g/mol. The highest BCUT2D eigenvalue weighted by molar-refractivity contribution is 5.97. The molecule has 0 aromatic rings. The van der Waals surface area contributed by atoms with Gasteiger partial charge in [0, 0.05) is 26.2 Å². The van der Waals surface area contributed by atoms with E-state index in [4.69, 9.17) is 4.74 Å². The fraction of sp³-hybridized carbons (Fsp3) is 0.846. The van der Waals surface area contributed by atoms with Gasteiger partial charge in [-0.2, -0.15) is 0 Å². The second-order valence-electron chi connectivity index (χ2n) is 4.99. The first-order valence-corrected chi connectivity index (χ1v) is 6.72. The molecule has 1 fully saturated rings. The van der Waals surface area contributed by atoms with Gasteiger partial charge in [-0.05, 0) is 5.92 Å². The fourth-order valence-corrected chi connectivity index (χ4v) is 2.08. The molecule has 0 unspecified atom stereocenters. The molecule has 1 atom stereocenters. The molecule has 19 heavy (non-hydrogen) atoms. The summed E-state index contributed by atoms with van der Waals surface area (Å²) in [5, 5.41) is 2.80. The predicted molar refractivity (Wildman–Crippen MR) is 70.6 cm³/mol. The van der Waals surface area contributed by atoms with Gasteiger partial charge in [-0.3, -0.25) is 14.5 Å². The molecule has 1 aliphatic rings. The number of methoxy groups -OCH3 is 1. The van der Waals surface area contributed by atoms with Gasteiger partial charge in [-0.1, -0.05) is 13.8 Å². The van der Waals surface area contributed by atoms with Gasteiger partial charge in [0.1, 0.15) is 5.92 Å². The number of amides is 1. The van der Waals surface area contributed by atoms with Crippen molar-refractivity contribution in [3.63, 3.8) is 0 Å². The molecule has 1 rings (SSSR count). The highest BCUT2D eigenvalue weighted by Gasteiger charge is 2.30. The standard InChI is InChI=1S/C13H24N2O4/c1-10(2)11(13(17)18-3)12(16)14-4-5-15-6-8-19-9-7-15/h10-11H,4-9H2,1-3H3,(H,14,16)/t11-/m0/s1. The van der Waals surface area contributed by atoms with E-state index in [1.807, 2.05) is 13.8 Å². The Labute approximate surface area is 114 Å². The molecule has 1 heterocycles. The van der Waals surface area contributed by atoms with E-state index in [9.17, 15) is 9.59 Å². The Bertz CT molecular complexity index is 301. The third kappa shape index (κ3) is 5.16. The number of carbonyl (C=O) groups excluding carboxylic acids is 2. The summed E-state index contributed by atoms with van der Waals surface area (Å²) in [4.78, 5) is 25.7. The number of ether oxygens (including phenoxy) is 2. The zero-order valence-electron chi connectivity index (χ0n) is 12.0. The van der Waals surface area contributed by atoms with E-state index >= 15 is 0 Å². The quantitative estimate of drug-likeness (QED) is 0.539. The number of nitrogens with one attached hydrogen (secondary N) is 1. The molecule has 1 N–H and O–H groups in total. The second-order valence-corrected chi connectivity index (χ2v) is 4.99. The molecule has 0 spiro atoms. The highest BCUT2D eigenvalue weighted by Crippen LogP contribution is 2.12. The summed E-state index contributed by atoms with van der Waals surface area (Å²) >= 11 is 0. The van der Waals surface area contributed by atoms with Crippen molar-refractivity contribution in [1.82, 2.24) is 10.2 Å². The number of morpholine rings is 1. The van der Waals surface area contributed by atoms with Crippen LogP contribution in [0.25, 0.3) is 0 Å². The van der Waals surface area contributed by atoms with E-state index < -0.39 is 11.9 Å². The van der Waals surface area contributed by atoms with E-state index in [1.165, 1.54) is 7.11 Å². The number of rotatable bonds is 6. The lowest BCUT2D eigenvalue weighted by molar-refractivity contribution is -0.151. The Morgan fingerprint density at radius 3 is 2.47 bits per heavy atom. The zero-order chi connectivity index (χ0) is 14.3. The predicted octanol–water partition coefficient (Wildman–Crippen LogP) is -0.120. The minimum absolute atomic E-state index is 0.0733. The van der Waals surface area contributed by atoms with Crippen LogP contribution in [0.1, 0.15) is 13.8 Å². The summed E-state index contributed by atoms with van der Waals surface area (Å²) in [5.74, 6) is -1.53. The largest absolute Gasteiger partial charge is 0.468 e. The molecule has 1 amide bonds. The number of carbonyl (C=O) groups is 2. The van der Waals surface area contributed by atoms with Gasteiger partial charge in [-0.15, -0.1) is 0 Å². The van der Waals surface area contributed by atoms with Gasteiger partial charge in [0.15, 0.2) is 0 Å². The average molecular weight is 272 g/mol. The number of nitrogens with zero attached hydrogens (tertiary/aromatic N) is 1. The number of esters is 1. The molecule has 0 aromatic heterocycles. The molecule has 6 heteroatoms. The molecule has 0 aliphatic carbocycles. The van der Waals surface area contributed by atoms with E-state index in [0.29, 0.717) is 6.54 Å². The lowest BCUT2D eigenvalue weighted by Crippen LogP contribution is -2.44. The van der Waals surface area contributed by atoms with Gasteiger partial charge in [0.2, 0.25) is 5.91 Å². The van der Waals surface area contributed by atoms with Gasteiger partial charge in [0.25, 0.3) is 0 Å². The minimum atomic E-state index is -0.727. The summed E-state index contributed by atoms with van der Waals surface area (Å²) < 4.78 is 9.92. The molecule has 0 saturated carbocycles. The third-order valence-electron chi connectivity index (χ3n) is 3.24. The summed E-state index contributed by atoms with van der Waals surface area (Å²) in [5.41, 5.74) is 0. The van der Waals surface area contributed by atoms with Gasteiger partial charge < -0.3 is 14.8 Å². The average Bonchev–Trinajstić information content (AvgIpc) is 2.39. The Morgan fingerprint density at radius 1 is 1.32 bits per heavy atom. The summed E-state index contributed by atoms with van der Waals surface area (Å²) in [6, 6.07) is 0. The zero-order valence-corrected chi connectivity index (χ0v) is 12.0. The van der Waals surface area contributed by atoms with Crippen molar-refractivity contribution in [1.29, 1.82) is 0 Å². The van der Waals surface area contributed by atoms with Crippen molar-refractivity contribution in [2.24, 2.45) is 11.8 Å². The summed E-state index contributed by atoms with van der Waals surface area (Å²) in [7, 11) is 1.30. The van der Waals surface area contributed by atoms with Gasteiger partial charge in [0.05, 0.1) is 20.3 Å². The van der Waals surface area contributed by atoms with E-state index in [1.54, 1.807) is 0 Å². The summed E-state index contributed by atoms with van der Waals surface area (Å²) in [6.07, 6.45) is 0. The molecule has 6 nitrogen and oxygen atoms in total. The van der Waals surface area contributed by atoms with E-state index in [2.05, 4.69) is 15.0 Å². The fourth-order valence-electron chi connectivity index (χ4n) is 2.08. The maximum Gasteiger partial charge on any atom is 0.318 e. The Morgan fingerprint density at radius 2 is 1.95 bits per heavy atom. The van der Waals surface area contributed by atoms with Crippen LogP contribution in [0.5, 0.6) is 0 Å². The molecule has 1 aliphatic heterocycles. The van der Waals surface area contributed by atoms with Crippen LogP contribution >= 0.6 is 0 Å². The Balaban J connectivity index is 2.33. The topological polar surface area (TPSA) is 67.9 Å². The van der Waals surface area contributed by atoms with Crippen molar-refractivity contribution in [2.45, 2.75) is 13.8 Å². The van der Waals surface area contributed by atoms with Crippen molar-refractivity contribution in [3.05, 3.63) is 0 Å². The van der Waals surface area contributed by atoms with Crippen LogP contribution in [0.2, 0.25) is 0 Å².